The van der Waals surface area contributed by atoms with Crippen LogP contribution in [0.15, 0.2) is 53.0 Å². The fourth-order valence-electron chi connectivity index (χ4n) is 2.56. The van der Waals surface area contributed by atoms with E-state index in [-0.39, 0.29) is 11.3 Å². The van der Waals surface area contributed by atoms with Crippen molar-refractivity contribution in [1.82, 2.24) is 9.97 Å². The number of nitrogens with one attached hydrogen (secondary N) is 1. The summed E-state index contributed by atoms with van der Waals surface area (Å²) in [5.41, 5.74) is 0.824. The minimum absolute atomic E-state index is 0.0339. The van der Waals surface area contributed by atoms with E-state index in [0.717, 1.165) is 4.47 Å². The number of anilines is 1. The fraction of sp³-hybridized carbons (Fsp3) is 0.222. The summed E-state index contributed by atoms with van der Waals surface area (Å²) in [7, 11) is 0. The molecule has 0 unspecified atom stereocenters. The van der Waals surface area contributed by atoms with Gasteiger partial charge in [0.2, 0.25) is 5.82 Å². The number of benzene rings is 2. The molecule has 4 nitrogen and oxygen atoms in total. The summed E-state index contributed by atoms with van der Waals surface area (Å²) in [5, 5.41) is 13.9. The first-order chi connectivity index (χ1) is 12.3. The average Bonchev–Trinajstić information content (AvgIpc) is 2.61. The Balaban J connectivity index is 1.95. The van der Waals surface area contributed by atoms with E-state index in [1.165, 1.54) is 6.07 Å². The summed E-state index contributed by atoms with van der Waals surface area (Å²) in [6, 6.07) is 12.9. The minimum Gasteiger partial charge on any atom is -0.386 e. The van der Waals surface area contributed by atoms with Crippen LogP contribution in [0.25, 0.3) is 10.9 Å². The van der Waals surface area contributed by atoms with Crippen molar-refractivity contribution in [3.05, 3.63) is 64.4 Å². The zero-order valence-electron chi connectivity index (χ0n) is 13.6. The van der Waals surface area contributed by atoms with Gasteiger partial charge in [0.05, 0.1) is 17.7 Å². The van der Waals surface area contributed by atoms with Crippen LogP contribution in [0.5, 0.6) is 0 Å². The molecule has 2 N–H and O–H groups in total. The number of alkyl halides is 3. The highest BCUT2D eigenvalue weighted by Crippen LogP contribution is 2.31. The smallest absolute Gasteiger partial charge is 0.386 e. The Hall–Kier alpha value is -2.19. The predicted octanol–water partition coefficient (Wildman–Crippen LogP) is 4.95. The molecule has 0 spiro atoms. The number of hydrogen-bond donors (Lipinski definition) is 2. The van der Waals surface area contributed by atoms with Crippen LogP contribution in [-0.2, 0) is 6.18 Å². The number of halogens is 4. The molecule has 0 bridgehead atoms. The summed E-state index contributed by atoms with van der Waals surface area (Å²) in [5.74, 6) is -1.18. The molecule has 0 saturated heterocycles. The first kappa shape index (κ1) is 18.6. The molecule has 0 saturated carbocycles. The zero-order valence-corrected chi connectivity index (χ0v) is 15.2. The maximum absolute atomic E-state index is 13.1. The molecule has 0 aliphatic rings. The lowest BCUT2D eigenvalue weighted by Crippen LogP contribution is -2.25. The molecule has 0 aliphatic carbocycles. The Morgan fingerprint density at radius 3 is 2.35 bits per heavy atom. The number of aliphatic hydroxyl groups is 1. The molecule has 136 valence electrons. The van der Waals surface area contributed by atoms with Gasteiger partial charge >= 0.3 is 6.18 Å². The van der Waals surface area contributed by atoms with Crippen LogP contribution in [0.2, 0.25) is 0 Å². The summed E-state index contributed by atoms with van der Waals surface area (Å²) in [6.07, 6.45) is -5.58. The third-order valence-electron chi connectivity index (χ3n) is 3.91. The molecule has 2 atom stereocenters. The second-order valence-electron chi connectivity index (χ2n) is 5.84. The highest BCUT2D eigenvalue weighted by Gasteiger charge is 2.35. The molecule has 0 radical (unpaired) electrons. The fourth-order valence-corrected chi connectivity index (χ4v) is 2.82. The molecule has 0 fully saturated rings. The van der Waals surface area contributed by atoms with Gasteiger partial charge in [-0.2, -0.15) is 13.2 Å². The summed E-state index contributed by atoms with van der Waals surface area (Å²) in [6.45, 7) is 1.68. The van der Waals surface area contributed by atoms with Crippen LogP contribution in [-0.4, -0.2) is 21.1 Å². The van der Waals surface area contributed by atoms with Crippen LogP contribution < -0.4 is 5.32 Å². The van der Waals surface area contributed by atoms with Gasteiger partial charge in [-0.3, -0.25) is 0 Å². The molecule has 1 heterocycles. The van der Waals surface area contributed by atoms with Crippen molar-refractivity contribution in [2.75, 3.05) is 5.32 Å². The highest BCUT2D eigenvalue weighted by molar-refractivity contribution is 9.10. The second kappa shape index (κ2) is 7.20. The first-order valence-electron chi connectivity index (χ1n) is 7.80. The molecule has 3 aromatic rings. The van der Waals surface area contributed by atoms with E-state index in [0.29, 0.717) is 10.9 Å². The maximum Gasteiger partial charge on any atom is 0.451 e. The molecule has 0 aliphatic heterocycles. The van der Waals surface area contributed by atoms with Gasteiger partial charge in [-0.05, 0) is 36.8 Å². The maximum atomic E-state index is 13.1. The van der Waals surface area contributed by atoms with E-state index < -0.39 is 24.1 Å². The molecule has 3 rings (SSSR count). The first-order valence-corrected chi connectivity index (χ1v) is 8.59. The number of rotatable bonds is 4. The quantitative estimate of drug-likeness (QED) is 0.620. The molecular weight excluding hydrogens is 411 g/mol. The largest absolute Gasteiger partial charge is 0.451 e. The minimum atomic E-state index is -4.66. The van der Waals surface area contributed by atoms with Crippen molar-refractivity contribution in [1.29, 1.82) is 0 Å². The third-order valence-corrected chi connectivity index (χ3v) is 4.43. The van der Waals surface area contributed by atoms with E-state index in [1.54, 1.807) is 49.4 Å². The summed E-state index contributed by atoms with van der Waals surface area (Å²) >= 11 is 3.32. The van der Waals surface area contributed by atoms with Gasteiger partial charge in [0.1, 0.15) is 5.82 Å². The standard InChI is InChI=1S/C18H15BrF3N3O/c1-10(15(26)11-6-8-12(19)9-7-11)23-16-13-4-2-3-5-14(13)24-17(25-16)18(20,21)22/h2-10,15,26H,1H3,(H,23,24,25)/t10-,15+/m1/s1. The van der Waals surface area contributed by atoms with Crippen molar-refractivity contribution in [2.45, 2.75) is 25.2 Å². The molecule has 0 amide bonds. The Bertz CT molecular complexity index is 916. The van der Waals surface area contributed by atoms with Crippen molar-refractivity contribution in [3.8, 4) is 0 Å². The number of nitrogens with zero attached hydrogens (tertiary/aromatic N) is 2. The van der Waals surface area contributed by atoms with Crippen LogP contribution in [0.4, 0.5) is 19.0 Å². The molecule has 1 aromatic heterocycles. The van der Waals surface area contributed by atoms with Crippen molar-refractivity contribution in [2.24, 2.45) is 0 Å². The van der Waals surface area contributed by atoms with E-state index in [9.17, 15) is 18.3 Å². The van der Waals surface area contributed by atoms with Gasteiger partial charge in [0.15, 0.2) is 0 Å². The van der Waals surface area contributed by atoms with E-state index >= 15 is 0 Å². The Morgan fingerprint density at radius 2 is 1.69 bits per heavy atom. The number of hydrogen-bond acceptors (Lipinski definition) is 4. The van der Waals surface area contributed by atoms with Gasteiger partial charge in [-0.1, -0.05) is 40.2 Å². The summed E-state index contributed by atoms with van der Waals surface area (Å²) < 4.78 is 40.1. The lowest BCUT2D eigenvalue weighted by molar-refractivity contribution is -0.144. The molecule has 26 heavy (non-hydrogen) atoms. The third kappa shape index (κ3) is 3.96. The van der Waals surface area contributed by atoms with Crippen molar-refractivity contribution >= 4 is 32.7 Å². The number of fused-ring (bicyclic) bond motifs is 1. The lowest BCUT2D eigenvalue weighted by Gasteiger charge is -2.22. The number of aromatic nitrogens is 2. The van der Waals surface area contributed by atoms with Gasteiger partial charge in [-0.15, -0.1) is 0 Å². The van der Waals surface area contributed by atoms with Crippen LogP contribution in [0.1, 0.15) is 24.4 Å². The van der Waals surface area contributed by atoms with E-state index in [1.807, 2.05) is 0 Å². The average molecular weight is 426 g/mol. The monoisotopic (exact) mass is 425 g/mol. The molecule has 2 aromatic carbocycles. The van der Waals surface area contributed by atoms with Crippen LogP contribution >= 0.6 is 15.9 Å². The Labute approximate surface area is 156 Å². The number of aliphatic hydroxyl groups excluding tert-OH is 1. The van der Waals surface area contributed by atoms with Crippen LogP contribution in [0, 0.1) is 0 Å². The highest BCUT2D eigenvalue weighted by atomic mass is 79.9. The number of para-hydroxylation sites is 1. The van der Waals surface area contributed by atoms with E-state index in [2.05, 4.69) is 31.2 Å². The SMILES string of the molecule is C[C@@H](Nc1nc(C(F)(F)F)nc2ccccc12)[C@H](O)c1ccc(Br)cc1. The van der Waals surface area contributed by atoms with Gasteiger partial charge in [0.25, 0.3) is 0 Å². The topological polar surface area (TPSA) is 58.0 Å². The zero-order chi connectivity index (χ0) is 18.9. The summed E-state index contributed by atoms with van der Waals surface area (Å²) in [4.78, 5) is 7.22. The predicted molar refractivity (Wildman–Crippen MR) is 96.7 cm³/mol. The van der Waals surface area contributed by atoms with Crippen molar-refractivity contribution in [3.63, 3.8) is 0 Å². The van der Waals surface area contributed by atoms with Gasteiger partial charge in [-0.25, -0.2) is 9.97 Å². The Morgan fingerprint density at radius 1 is 1.04 bits per heavy atom. The van der Waals surface area contributed by atoms with Gasteiger partial charge in [0, 0.05) is 9.86 Å². The van der Waals surface area contributed by atoms with Crippen LogP contribution in [0.3, 0.4) is 0 Å². The molecular formula is C18H15BrF3N3O. The van der Waals surface area contributed by atoms with E-state index in [4.69, 9.17) is 0 Å². The molecule has 8 heteroatoms. The Kier molecular flexibility index (Phi) is 5.15. The lowest BCUT2D eigenvalue weighted by atomic mass is 10.0. The van der Waals surface area contributed by atoms with Gasteiger partial charge < -0.3 is 10.4 Å². The van der Waals surface area contributed by atoms with Crippen molar-refractivity contribution < 1.29 is 18.3 Å². The normalized spacial score (nSPS) is 14.2. The second-order valence-corrected chi connectivity index (χ2v) is 6.76.